The van der Waals surface area contributed by atoms with Crippen molar-refractivity contribution in [3.63, 3.8) is 0 Å². The van der Waals surface area contributed by atoms with Crippen molar-refractivity contribution >= 4 is 11.8 Å². The second kappa shape index (κ2) is 6.40. The van der Waals surface area contributed by atoms with Gasteiger partial charge in [0.25, 0.3) is 0 Å². The number of carbonyl (C=O) groups excluding carboxylic acids is 2. The molecule has 4 nitrogen and oxygen atoms in total. The second-order valence-electron chi connectivity index (χ2n) is 6.82. The first-order valence-electron chi connectivity index (χ1n) is 7.36. The van der Waals surface area contributed by atoms with E-state index in [4.69, 9.17) is 5.73 Å². The molecule has 0 saturated heterocycles. The van der Waals surface area contributed by atoms with E-state index in [1.165, 1.54) is 12.8 Å². The minimum Gasteiger partial charge on any atom is -0.369 e. The van der Waals surface area contributed by atoms with Gasteiger partial charge in [0.1, 0.15) is 0 Å². The molecular formula is C15H28N2O2. The standard InChI is InChI=1S/C15H28N2O2/c1-5-6-11(13(16)18)12(9-10-7-8-10)14(19)17-15(2,3)4/h10-12H,5-9H2,1-4H3,(H2,16,18)(H,17,19). The Morgan fingerprint density at radius 2 is 1.84 bits per heavy atom. The highest BCUT2D eigenvalue weighted by atomic mass is 16.2. The first kappa shape index (κ1) is 16.0. The molecule has 0 aromatic carbocycles. The zero-order chi connectivity index (χ0) is 14.6. The van der Waals surface area contributed by atoms with E-state index >= 15 is 0 Å². The first-order chi connectivity index (χ1) is 8.74. The van der Waals surface area contributed by atoms with Crippen LogP contribution in [0.25, 0.3) is 0 Å². The maximum atomic E-state index is 12.4. The molecule has 0 aliphatic heterocycles. The van der Waals surface area contributed by atoms with E-state index in [1.54, 1.807) is 0 Å². The lowest BCUT2D eigenvalue weighted by molar-refractivity contribution is -0.135. The predicted molar refractivity (Wildman–Crippen MR) is 76.3 cm³/mol. The van der Waals surface area contributed by atoms with E-state index < -0.39 is 0 Å². The van der Waals surface area contributed by atoms with Crippen LogP contribution < -0.4 is 11.1 Å². The Bertz CT molecular complexity index is 330. The van der Waals surface area contributed by atoms with Crippen molar-refractivity contribution in [2.75, 3.05) is 0 Å². The van der Waals surface area contributed by atoms with E-state index in [2.05, 4.69) is 5.32 Å². The van der Waals surface area contributed by atoms with Crippen molar-refractivity contribution < 1.29 is 9.59 Å². The van der Waals surface area contributed by atoms with Crippen molar-refractivity contribution in [1.29, 1.82) is 0 Å². The molecule has 19 heavy (non-hydrogen) atoms. The molecule has 1 rings (SSSR count). The van der Waals surface area contributed by atoms with Gasteiger partial charge in [-0.1, -0.05) is 26.2 Å². The molecule has 4 heteroatoms. The molecule has 2 amide bonds. The molecule has 2 atom stereocenters. The van der Waals surface area contributed by atoms with Gasteiger partial charge in [-0.2, -0.15) is 0 Å². The largest absolute Gasteiger partial charge is 0.369 e. The number of nitrogens with one attached hydrogen (secondary N) is 1. The van der Waals surface area contributed by atoms with Crippen molar-refractivity contribution in [3.05, 3.63) is 0 Å². The van der Waals surface area contributed by atoms with Gasteiger partial charge in [-0.25, -0.2) is 0 Å². The number of rotatable bonds is 7. The Labute approximate surface area is 116 Å². The second-order valence-corrected chi connectivity index (χ2v) is 6.82. The van der Waals surface area contributed by atoms with Crippen molar-refractivity contribution in [3.8, 4) is 0 Å². The highest BCUT2D eigenvalue weighted by molar-refractivity contribution is 5.87. The van der Waals surface area contributed by atoms with E-state index in [-0.39, 0.29) is 29.2 Å². The van der Waals surface area contributed by atoms with E-state index in [1.807, 2.05) is 27.7 Å². The first-order valence-corrected chi connectivity index (χ1v) is 7.36. The van der Waals surface area contributed by atoms with Gasteiger partial charge in [0.2, 0.25) is 11.8 Å². The van der Waals surface area contributed by atoms with Crippen LogP contribution in [0.15, 0.2) is 0 Å². The van der Waals surface area contributed by atoms with Gasteiger partial charge in [-0.05, 0) is 39.5 Å². The van der Waals surface area contributed by atoms with Gasteiger partial charge in [-0.3, -0.25) is 9.59 Å². The Morgan fingerprint density at radius 1 is 1.26 bits per heavy atom. The molecule has 1 aliphatic carbocycles. The Hall–Kier alpha value is -1.06. The molecule has 1 saturated carbocycles. The molecule has 1 aliphatic rings. The van der Waals surface area contributed by atoms with Crippen LogP contribution in [0, 0.1) is 17.8 Å². The third-order valence-electron chi connectivity index (χ3n) is 3.57. The molecule has 1 fully saturated rings. The number of hydrogen-bond acceptors (Lipinski definition) is 2. The average molecular weight is 268 g/mol. The molecule has 110 valence electrons. The van der Waals surface area contributed by atoms with Crippen LogP contribution >= 0.6 is 0 Å². The summed E-state index contributed by atoms with van der Waals surface area (Å²) in [4.78, 5) is 24.1. The van der Waals surface area contributed by atoms with Crippen LogP contribution in [0.3, 0.4) is 0 Å². The third kappa shape index (κ3) is 5.62. The maximum absolute atomic E-state index is 12.4. The van der Waals surface area contributed by atoms with Gasteiger partial charge in [0.15, 0.2) is 0 Å². The quantitative estimate of drug-likeness (QED) is 0.743. The SMILES string of the molecule is CCCC(C(N)=O)C(CC1CC1)C(=O)NC(C)(C)C. The van der Waals surface area contributed by atoms with E-state index in [0.717, 1.165) is 12.8 Å². The van der Waals surface area contributed by atoms with Gasteiger partial charge >= 0.3 is 0 Å². The fourth-order valence-corrected chi connectivity index (χ4v) is 2.48. The highest BCUT2D eigenvalue weighted by Gasteiger charge is 2.37. The molecule has 0 heterocycles. The van der Waals surface area contributed by atoms with Gasteiger partial charge in [0, 0.05) is 17.4 Å². The molecule has 2 unspecified atom stereocenters. The third-order valence-corrected chi connectivity index (χ3v) is 3.57. The summed E-state index contributed by atoms with van der Waals surface area (Å²) in [5.74, 6) is -0.334. The topological polar surface area (TPSA) is 72.2 Å². The van der Waals surface area contributed by atoms with Crippen molar-refractivity contribution in [2.45, 2.75) is 65.3 Å². The molecule has 3 N–H and O–H groups in total. The van der Waals surface area contributed by atoms with Gasteiger partial charge < -0.3 is 11.1 Å². The van der Waals surface area contributed by atoms with E-state index in [0.29, 0.717) is 12.3 Å². The molecular weight excluding hydrogens is 240 g/mol. The van der Waals surface area contributed by atoms with Crippen LogP contribution in [0.2, 0.25) is 0 Å². The summed E-state index contributed by atoms with van der Waals surface area (Å²) in [6.07, 6.45) is 4.73. The summed E-state index contributed by atoms with van der Waals surface area (Å²) in [7, 11) is 0. The fourth-order valence-electron chi connectivity index (χ4n) is 2.48. The van der Waals surface area contributed by atoms with E-state index in [9.17, 15) is 9.59 Å². The highest BCUT2D eigenvalue weighted by Crippen LogP contribution is 2.38. The number of hydrogen-bond donors (Lipinski definition) is 2. The minimum absolute atomic E-state index is 0.0170. The maximum Gasteiger partial charge on any atom is 0.224 e. The van der Waals surface area contributed by atoms with Crippen LogP contribution in [0.1, 0.15) is 59.8 Å². The molecule has 0 radical (unpaired) electrons. The van der Waals surface area contributed by atoms with Gasteiger partial charge in [-0.15, -0.1) is 0 Å². The summed E-state index contributed by atoms with van der Waals surface area (Å²) >= 11 is 0. The van der Waals surface area contributed by atoms with Crippen molar-refractivity contribution in [2.24, 2.45) is 23.5 Å². The summed E-state index contributed by atoms with van der Waals surface area (Å²) in [6.45, 7) is 7.89. The van der Waals surface area contributed by atoms with Crippen LogP contribution in [0.5, 0.6) is 0 Å². The lowest BCUT2D eigenvalue weighted by Gasteiger charge is -2.28. The summed E-state index contributed by atoms with van der Waals surface area (Å²) in [5.41, 5.74) is 5.23. The monoisotopic (exact) mass is 268 g/mol. The van der Waals surface area contributed by atoms with Crippen LogP contribution in [-0.4, -0.2) is 17.4 Å². The van der Waals surface area contributed by atoms with Gasteiger partial charge in [0.05, 0.1) is 0 Å². The summed E-state index contributed by atoms with van der Waals surface area (Å²) < 4.78 is 0. The predicted octanol–water partition coefficient (Wildman–Crippen LogP) is 2.22. The van der Waals surface area contributed by atoms with Crippen LogP contribution in [-0.2, 0) is 9.59 Å². The van der Waals surface area contributed by atoms with Crippen molar-refractivity contribution in [1.82, 2.24) is 5.32 Å². The normalized spacial score (nSPS) is 18.7. The number of nitrogens with two attached hydrogens (primary N) is 1. The lowest BCUT2D eigenvalue weighted by atomic mass is 9.83. The molecule has 0 bridgehead atoms. The summed E-state index contributed by atoms with van der Waals surface area (Å²) in [6, 6.07) is 0. The Kier molecular flexibility index (Phi) is 5.39. The number of amides is 2. The minimum atomic E-state index is -0.337. The Balaban J connectivity index is 2.78. The molecule has 0 aromatic rings. The number of carbonyl (C=O) groups is 2. The lowest BCUT2D eigenvalue weighted by Crippen LogP contribution is -2.47. The summed E-state index contributed by atoms with van der Waals surface area (Å²) in [5, 5.41) is 3.00. The molecule has 0 aromatic heterocycles. The zero-order valence-electron chi connectivity index (χ0n) is 12.7. The zero-order valence-corrected chi connectivity index (χ0v) is 12.7. The number of primary amides is 1. The fraction of sp³-hybridized carbons (Fsp3) is 0.867. The average Bonchev–Trinajstić information content (AvgIpc) is 3.04. The molecule has 0 spiro atoms. The smallest absolute Gasteiger partial charge is 0.224 e. The Morgan fingerprint density at radius 3 is 2.21 bits per heavy atom. The van der Waals surface area contributed by atoms with Crippen LogP contribution in [0.4, 0.5) is 0 Å².